The van der Waals surface area contributed by atoms with Crippen LogP contribution in [0.25, 0.3) is 0 Å². The summed E-state index contributed by atoms with van der Waals surface area (Å²) in [5, 5.41) is 0.676. The van der Waals surface area contributed by atoms with Gasteiger partial charge in [-0.2, -0.15) is 0 Å². The van der Waals surface area contributed by atoms with Gasteiger partial charge in [-0.05, 0) is 43.5 Å². The lowest BCUT2D eigenvalue weighted by Crippen LogP contribution is -2.44. The number of nitrogens with zero attached hydrogens (tertiary/aromatic N) is 1. The summed E-state index contributed by atoms with van der Waals surface area (Å²) in [5.74, 6) is 2.13. The van der Waals surface area contributed by atoms with Crippen LogP contribution in [0.1, 0.15) is 13.3 Å². The molecule has 106 valence electrons. The number of hydrogen-bond acceptors (Lipinski definition) is 3. The second-order valence-electron chi connectivity index (χ2n) is 5.34. The Morgan fingerprint density at radius 3 is 2.95 bits per heavy atom. The average Bonchev–Trinajstić information content (AvgIpc) is 2.43. The third-order valence-electron chi connectivity index (χ3n) is 4.00. The van der Waals surface area contributed by atoms with E-state index in [1.165, 1.54) is 6.42 Å². The van der Waals surface area contributed by atoms with Crippen LogP contribution in [-0.4, -0.2) is 37.7 Å². The van der Waals surface area contributed by atoms with Crippen LogP contribution in [0.2, 0.25) is 5.02 Å². The molecule has 2 N–H and O–H groups in total. The summed E-state index contributed by atoms with van der Waals surface area (Å²) in [4.78, 5) is 2.44. The van der Waals surface area contributed by atoms with Gasteiger partial charge in [0.1, 0.15) is 12.4 Å². The molecule has 3 nitrogen and oxygen atoms in total. The Bertz CT molecular complexity index is 399. The Hall–Kier alpha value is -0.770. The van der Waals surface area contributed by atoms with Crippen molar-refractivity contribution in [3.8, 4) is 5.75 Å². The van der Waals surface area contributed by atoms with Gasteiger partial charge in [0.2, 0.25) is 0 Å². The molecule has 1 saturated heterocycles. The zero-order valence-corrected chi connectivity index (χ0v) is 12.3. The van der Waals surface area contributed by atoms with Crippen LogP contribution in [0.15, 0.2) is 24.3 Å². The molecule has 4 heteroatoms. The minimum atomic E-state index is 0.620. The van der Waals surface area contributed by atoms with Crippen LogP contribution >= 0.6 is 11.6 Å². The molecule has 0 saturated carbocycles. The number of nitrogens with two attached hydrogens (primary N) is 1. The highest BCUT2D eigenvalue weighted by molar-refractivity contribution is 6.32. The number of hydrogen-bond donors (Lipinski definition) is 1. The molecule has 1 aliphatic rings. The first kappa shape index (κ1) is 14.6. The number of benzene rings is 1. The Balaban J connectivity index is 1.76. The molecule has 1 aromatic rings. The number of ether oxygens (including phenoxy) is 1. The van der Waals surface area contributed by atoms with E-state index in [-0.39, 0.29) is 0 Å². The quantitative estimate of drug-likeness (QED) is 0.902. The smallest absolute Gasteiger partial charge is 0.137 e. The normalized spacial score (nSPS) is 24.4. The van der Waals surface area contributed by atoms with E-state index in [0.29, 0.717) is 17.5 Å². The van der Waals surface area contributed by atoms with Crippen LogP contribution in [0.4, 0.5) is 0 Å². The highest BCUT2D eigenvalue weighted by Crippen LogP contribution is 2.24. The molecular weight excluding hydrogens is 260 g/mol. The molecule has 1 fully saturated rings. The maximum Gasteiger partial charge on any atom is 0.137 e. The number of rotatable bonds is 5. The van der Waals surface area contributed by atoms with Gasteiger partial charge < -0.3 is 10.5 Å². The van der Waals surface area contributed by atoms with Gasteiger partial charge in [-0.3, -0.25) is 4.90 Å². The van der Waals surface area contributed by atoms with Crippen molar-refractivity contribution in [2.45, 2.75) is 13.3 Å². The molecule has 1 aliphatic heterocycles. The van der Waals surface area contributed by atoms with E-state index < -0.39 is 0 Å². The van der Waals surface area contributed by atoms with Crippen molar-refractivity contribution in [3.05, 3.63) is 29.3 Å². The monoisotopic (exact) mass is 282 g/mol. The van der Waals surface area contributed by atoms with Crippen molar-refractivity contribution >= 4 is 11.6 Å². The predicted molar refractivity (Wildman–Crippen MR) is 79.7 cm³/mol. The molecule has 19 heavy (non-hydrogen) atoms. The van der Waals surface area contributed by atoms with E-state index in [4.69, 9.17) is 22.1 Å². The summed E-state index contributed by atoms with van der Waals surface area (Å²) < 4.78 is 5.73. The van der Waals surface area contributed by atoms with Gasteiger partial charge >= 0.3 is 0 Å². The maximum absolute atomic E-state index is 6.06. The molecular formula is C15H23ClN2O. The fourth-order valence-corrected chi connectivity index (χ4v) is 2.77. The van der Waals surface area contributed by atoms with E-state index in [2.05, 4.69) is 11.8 Å². The minimum absolute atomic E-state index is 0.620. The molecule has 1 heterocycles. The third kappa shape index (κ3) is 4.10. The standard InChI is InChI=1S/C15H23ClN2O/c1-12-6-7-18(11-13(12)10-17)8-9-19-15-5-3-2-4-14(15)16/h2-5,12-13H,6-11,17H2,1H3. The fraction of sp³-hybridized carbons (Fsp3) is 0.600. The fourth-order valence-electron chi connectivity index (χ4n) is 2.58. The Labute approximate surface area is 120 Å². The first-order valence-corrected chi connectivity index (χ1v) is 7.38. The van der Waals surface area contributed by atoms with Crippen LogP contribution < -0.4 is 10.5 Å². The van der Waals surface area contributed by atoms with Crippen LogP contribution in [-0.2, 0) is 0 Å². The first-order chi connectivity index (χ1) is 9.20. The second-order valence-corrected chi connectivity index (χ2v) is 5.75. The van der Waals surface area contributed by atoms with Crippen LogP contribution in [0, 0.1) is 11.8 Å². The lowest BCUT2D eigenvalue weighted by molar-refractivity contribution is 0.114. The maximum atomic E-state index is 6.06. The van der Waals surface area contributed by atoms with Gasteiger partial charge in [0.05, 0.1) is 5.02 Å². The van der Waals surface area contributed by atoms with Gasteiger partial charge in [0.15, 0.2) is 0 Å². The highest BCUT2D eigenvalue weighted by atomic mass is 35.5. The van der Waals surface area contributed by atoms with Crippen molar-refractivity contribution in [1.82, 2.24) is 4.90 Å². The van der Waals surface area contributed by atoms with Crippen molar-refractivity contribution < 1.29 is 4.74 Å². The summed E-state index contributed by atoms with van der Waals surface area (Å²) in [6.07, 6.45) is 1.23. The average molecular weight is 283 g/mol. The lowest BCUT2D eigenvalue weighted by Gasteiger charge is -2.36. The minimum Gasteiger partial charge on any atom is -0.491 e. The zero-order valence-electron chi connectivity index (χ0n) is 11.5. The Morgan fingerprint density at radius 1 is 1.42 bits per heavy atom. The summed E-state index contributed by atoms with van der Waals surface area (Å²) in [6, 6.07) is 7.61. The molecule has 0 spiro atoms. The number of likely N-dealkylation sites (tertiary alicyclic amines) is 1. The van der Waals surface area contributed by atoms with Gasteiger partial charge in [-0.25, -0.2) is 0 Å². The van der Waals surface area contributed by atoms with Gasteiger partial charge in [-0.15, -0.1) is 0 Å². The Kier molecular flexibility index (Phi) is 5.49. The third-order valence-corrected chi connectivity index (χ3v) is 4.31. The summed E-state index contributed by atoms with van der Waals surface area (Å²) in [5.41, 5.74) is 5.82. The Morgan fingerprint density at radius 2 is 2.21 bits per heavy atom. The summed E-state index contributed by atoms with van der Waals surface area (Å²) >= 11 is 6.06. The van der Waals surface area contributed by atoms with E-state index >= 15 is 0 Å². The SMILES string of the molecule is CC1CCN(CCOc2ccccc2Cl)CC1CN. The van der Waals surface area contributed by atoms with Gasteiger partial charge in [0.25, 0.3) is 0 Å². The molecule has 0 bridgehead atoms. The molecule has 0 aromatic heterocycles. The number of halogens is 1. The van der Waals surface area contributed by atoms with Crippen molar-refractivity contribution in [3.63, 3.8) is 0 Å². The highest BCUT2D eigenvalue weighted by Gasteiger charge is 2.24. The van der Waals surface area contributed by atoms with Crippen molar-refractivity contribution in [2.24, 2.45) is 17.6 Å². The van der Waals surface area contributed by atoms with Gasteiger partial charge in [-0.1, -0.05) is 30.7 Å². The number of para-hydroxylation sites is 1. The van der Waals surface area contributed by atoms with Crippen molar-refractivity contribution in [2.75, 3.05) is 32.8 Å². The molecule has 2 unspecified atom stereocenters. The first-order valence-electron chi connectivity index (χ1n) is 7.00. The topological polar surface area (TPSA) is 38.5 Å². The predicted octanol–water partition coefficient (Wildman–Crippen LogP) is 2.64. The van der Waals surface area contributed by atoms with E-state index in [9.17, 15) is 0 Å². The summed E-state index contributed by atoms with van der Waals surface area (Å²) in [6.45, 7) is 6.93. The van der Waals surface area contributed by atoms with E-state index in [0.717, 1.165) is 37.8 Å². The van der Waals surface area contributed by atoms with Crippen LogP contribution in [0.5, 0.6) is 5.75 Å². The molecule has 0 amide bonds. The van der Waals surface area contributed by atoms with Crippen LogP contribution in [0.3, 0.4) is 0 Å². The molecule has 0 aliphatic carbocycles. The summed E-state index contributed by atoms with van der Waals surface area (Å²) in [7, 11) is 0. The van der Waals surface area contributed by atoms with Gasteiger partial charge in [0, 0.05) is 13.1 Å². The second kappa shape index (κ2) is 7.13. The van der Waals surface area contributed by atoms with E-state index in [1.807, 2.05) is 24.3 Å². The molecule has 2 rings (SSSR count). The number of piperidine rings is 1. The molecule has 0 radical (unpaired) electrons. The van der Waals surface area contributed by atoms with Crippen molar-refractivity contribution in [1.29, 1.82) is 0 Å². The molecule has 2 atom stereocenters. The largest absolute Gasteiger partial charge is 0.491 e. The van der Waals surface area contributed by atoms with E-state index in [1.54, 1.807) is 0 Å². The molecule has 1 aromatic carbocycles. The zero-order chi connectivity index (χ0) is 13.7. The lowest BCUT2D eigenvalue weighted by atomic mass is 9.87.